The molecule has 0 N–H and O–H groups in total. The molecular weight excluding hydrogens is 254 g/mol. The first kappa shape index (κ1) is 16.2. The fourth-order valence-corrected chi connectivity index (χ4v) is 1.72. The van der Waals surface area contributed by atoms with Crippen molar-refractivity contribution in [2.75, 3.05) is 13.2 Å². The van der Waals surface area contributed by atoms with Crippen molar-refractivity contribution < 1.29 is 9.66 Å². The minimum atomic E-state index is -0.412. The number of ether oxygens (including phenoxy) is 1. The Kier molecular flexibility index (Phi) is 8.09. The minimum absolute atomic E-state index is 0.0731. The topological polar surface area (TPSA) is 52.4 Å². The summed E-state index contributed by atoms with van der Waals surface area (Å²) in [7, 11) is 0. The van der Waals surface area contributed by atoms with Gasteiger partial charge in [0.1, 0.15) is 0 Å². The second-order valence-corrected chi connectivity index (χ2v) is 4.53. The molecule has 0 atom stereocenters. The molecule has 0 saturated heterocycles. The third kappa shape index (κ3) is 6.91. The summed E-state index contributed by atoms with van der Waals surface area (Å²) in [5, 5.41) is 10.6. The van der Waals surface area contributed by atoms with Gasteiger partial charge in [0, 0.05) is 30.7 Å². The molecule has 0 amide bonds. The summed E-state index contributed by atoms with van der Waals surface area (Å²) >= 11 is 0. The third-order valence-corrected chi connectivity index (χ3v) is 2.80. The number of non-ortho nitro benzene ring substituents is 1. The van der Waals surface area contributed by atoms with Gasteiger partial charge in [-0.1, -0.05) is 44.1 Å². The molecule has 108 valence electrons. The summed E-state index contributed by atoms with van der Waals surface area (Å²) in [6.07, 6.45) is 5.46. The maximum absolute atomic E-state index is 10.6. The van der Waals surface area contributed by atoms with E-state index in [-0.39, 0.29) is 5.69 Å². The Morgan fingerprint density at radius 2 is 2.10 bits per heavy atom. The Balaban J connectivity index is 2.22. The molecule has 0 spiro atoms. The first-order valence-corrected chi connectivity index (χ1v) is 7.05. The molecule has 1 rings (SSSR count). The van der Waals surface area contributed by atoms with Gasteiger partial charge in [0.15, 0.2) is 0 Å². The SMILES string of the molecule is CCCCCCOCCC#Cc1cccc([N+](=O)[O-])c1. The van der Waals surface area contributed by atoms with E-state index in [2.05, 4.69) is 18.8 Å². The van der Waals surface area contributed by atoms with Gasteiger partial charge < -0.3 is 4.74 Å². The highest BCUT2D eigenvalue weighted by Crippen LogP contribution is 2.11. The molecule has 0 aliphatic carbocycles. The lowest BCUT2D eigenvalue weighted by atomic mass is 10.2. The standard InChI is InChI=1S/C16H21NO3/c1-2-3-4-6-12-20-13-7-5-9-15-10-8-11-16(14-15)17(18)19/h8,10-11,14H,2-4,6-7,12-13H2,1H3. The van der Waals surface area contributed by atoms with Crippen LogP contribution in [0.5, 0.6) is 0 Å². The molecule has 1 aromatic rings. The Hall–Kier alpha value is -1.86. The summed E-state index contributed by atoms with van der Waals surface area (Å²) in [5.74, 6) is 5.89. The second-order valence-electron chi connectivity index (χ2n) is 4.53. The van der Waals surface area contributed by atoms with Gasteiger partial charge in [-0.25, -0.2) is 0 Å². The highest BCUT2D eigenvalue weighted by molar-refractivity contribution is 5.42. The van der Waals surface area contributed by atoms with Crippen molar-refractivity contribution in [3.05, 3.63) is 39.9 Å². The maximum Gasteiger partial charge on any atom is 0.270 e. The van der Waals surface area contributed by atoms with Crippen LogP contribution >= 0.6 is 0 Å². The number of nitro groups is 1. The van der Waals surface area contributed by atoms with Gasteiger partial charge in [0.25, 0.3) is 5.69 Å². The predicted octanol–water partition coefficient (Wildman–Crippen LogP) is 3.93. The van der Waals surface area contributed by atoms with Crippen LogP contribution < -0.4 is 0 Å². The minimum Gasteiger partial charge on any atom is -0.380 e. The quantitative estimate of drug-likeness (QED) is 0.312. The molecule has 0 aromatic heterocycles. The molecule has 4 heteroatoms. The van der Waals surface area contributed by atoms with Crippen LogP contribution in [0.25, 0.3) is 0 Å². The molecular formula is C16H21NO3. The van der Waals surface area contributed by atoms with Gasteiger partial charge in [-0.2, -0.15) is 0 Å². The molecule has 0 radical (unpaired) electrons. The number of nitrogens with zero attached hydrogens (tertiary/aromatic N) is 1. The Morgan fingerprint density at radius 1 is 1.25 bits per heavy atom. The first-order chi connectivity index (χ1) is 9.74. The Labute approximate surface area is 120 Å². The van der Waals surface area contributed by atoms with Crippen molar-refractivity contribution in [2.45, 2.75) is 39.0 Å². The average molecular weight is 275 g/mol. The number of rotatable bonds is 8. The van der Waals surface area contributed by atoms with E-state index in [1.807, 2.05) is 0 Å². The summed E-state index contributed by atoms with van der Waals surface area (Å²) in [5.41, 5.74) is 0.742. The van der Waals surface area contributed by atoms with E-state index in [1.165, 1.54) is 31.4 Å². The van der Waals surface area contributed by atoms with Crippen LogP contribution in [0.1, 0.15) is 44.6 Å². The van der Waals surface area contributed by atoms with E-state index >= 15 is 0 Å². The largest absolute Gasteiger partial charge is 0.380 e. The molecule has 4 nitrogen and oxygen atoms in total. The summed E-state index contributed by atoms with van der Waals surface area (Å²) in [4.78, 5) is 10.2. The lowest BCUT2D eigenvalue weighted by molar-refractivity contribution is -0.384. The van der Waals surface area contributed by atoms with Crippen LogP contribution in [-0.4, -0.2) is 18.1 Å². The maximum atomic E-state index is 10.6. The first-order valence-electron chi connectivity index (χ1n) is 7.05. The number of benzene rings is 1. The molecule has 1 aromatic carbocycles. The van der Waals surface area contributed by atoms with Crippen LogP contribution in [0.2, 0.25) is 0 Å². The van der Waals surface area contributed by atoms with E-state index in [0.717, 1.165) is 13.0 Å². The van der Waals surface area contributed by atoms with Gasteiger partial charge in [-0.3, -0.25) is 10.1 Å². The van der Waals surface area contributed by atoms with Gasteiger partial charge in [0.2, 0.25) is 0 Å². The zero-order valence-corrected chi connectivity index (χ0v) is 11.9. The lowest BCUT2D eigenvalue weighted by Crippen LogP contribution is -1.95. The average Bonchev–Trinajstić information content (AvgIpc) is 2.46. The molecule has 0 bridgehead atoms. The molecule has 0 saturated carbocycles. The number of hydrogen-bond acceptors (Lipinski definition) is 3. The van der Waals surface area contributed by atoms with E-state index in [0.29, 0.717) is 18.6 Å². The van der Waals surface area contributed by atoms with Crippen molar-refractivity contribution >= 4 is 5.69 Å². The highest BCUT2D eigenvalue weighted by atomic mass is 16.6. The monoisotopic (exact) mass is 275 g/mol. The molecule has 0 aliphatic rings. The third-order valence-electron chi connectivity index (χ3n) is 2.80. The smallest absolute Gasteiger partial charge is 0.270 e. The predicted molar refractivity (Wildman–Crippen MR) is 79.6 cm³/mol. The summed E-state index contributed by atoms with van der Waals surface area (Å²) in [6.45, 7) is 3.59. The van der Waals surface area contributed by atoms with Crippen LogP contribution in [0, 0.1) is 22.0 Å². The molecule has 20 heavy (non-hydrogen) atoms. The van der Waals surface area contributed by atoms with E-state index in [4.69, 9.17) is 4.74 Å². The van der Waals surface area contributed by atoms with Crippen LogP contribution in [0.3, 0.4) is 0 Å². The van der Waals surface area contributed by atoms with Crippen LogP contribution in [-0.2, 0) is 4.74 Å². The van der Waals surface area contributed by atoms with Crippen molar-refractivity contribution in [1.82, 2.24) is 0 Å². The van der Waals surface area contributed by atoms with Crippen molar-refractivity contribution in [1.29, 1.82) is 0 Å². The second kappa shape index (κ2) is 9.99. The summed E-state index contributed by atoms with van der Waals surface area (Å²) in [6, 6.07) is 6.36. The van der Waals surface area contributed by atoms with Gasteiger partial charge >= 0.3 is 0 Å². The zero-order chi connectivity index (χ0) is 14.6. The highest BCUT2D eigenvalue weighted by Gasteiger charge is 2.03. The fraction of sp³-hybridized carbons (Fsp3) is 0.500. The van der Waals surface area contributed by atoms with E-state index < -0.39 is 4.92 Å². The van der Waals surface area contributed by atoms with Crippen molar-refractivity contribution in [3.8, 4) is 11.8 Å². The van der Waals surface area contributed by atoms with Gasteiger partial charge in [-0.05, 0) is 12.5 Å². The number of hydrogen-bond donors (Lipinski definition) is 0. The zero-order valence-electron chi connectivity index (χ0n) is 11.9. The molecule has 0 fully saturated rings. The molecule has 0 heterocycles. The fourth-order valence-electron chi connectivity index (χ4n) is 1.72. The Morgan fingerprint density at radius 3 is 2.85 bits per heavy atom. The number of nitro benzene ring substituents is 1. The van der Waals surface area contributed by atoms with E-state index in [1.54, 1.807) is 12.1 Å². The van der Waals surface area contributed by atoms with E-state index in [9.17, 15) is 10.1 Å². The molecule has 0 aliphatic heterocycles. The van der Waals surface area contributed by atoms with Crippen LogP contribution in [0.15, 0.2) is 24.3 Å². The van der Waals surface area contributed by atoms with Crippen LogP contribution in [0.4, 0.5) is 5.69 Å². The number of unbranched alkanes of at least 4 members (excludes halogenated alkanes) is 3. The Bertz CT molecular complexity index is 474. The molecule has 0 unspecified atom stereocenters. The summed E-state index contributed by atoms with van der Waals surface area (Å²) < 4.78 is 5.47. The lowest BCUT2D eigenvalue weighted by Gasteiger charge is -2.00. The van der Waals surface area contributed by atoms with Crippen molar-refractivity contribution in [3.63, 3.8) is 0 Å². The van der Waals surface area contributed by atoms with Gasteiger partial charge in [0.05, 0.1) is 11.5 Å². The van der Waals surface area contributed by atoms with Crippen molar-refractivity contribution in [2.24, 2.45) is 0 Å². The van der Waals surface area contributed by atoms with Gasteiger partial charge in [-0.15, -0.1) is 0 Å². The normalized spacial score (nSPS) is 9.85.